The van der Waals surface area contributed by atoms with Crippen LogP contribution in [0.25, 0.3) is 11.0 Å². The molecule has 0 unspecified atom stereocenters. The summed E-state index contributed by atoms with van der Waals surface area (Å²) in [6, 6.07) is 19.8. The first-order valence-corrected chi connectivity index (χ1v) is 14.1. The third-order valence-corrected chi connectivity index (χ3v) is 7.63. The second-order valence-electron chi connectivity index (χ2n) is 10.7. The van der Waals surface area contributed by atoms with Crippen molar-refractivity contribution < 1.29 is 23.8 Å². The third-order valence-electron chi connectivity index (χ3n) is 7.63. The van der Waals surface area contributed by atoms with Crippen LogP contribution in [-0.2, 0) is 27.4 Å². The van der Waals surface area contributed by atoms with Crippen molar-refractivity contribution in [2.75, 3.05) is 38.9 Å². The quantitative estimate of drug-likeness (QED) is 0.309. The lowest BCUT2D eigenvalue weighted by Crippen LogP contribution is -2.46. The molecular formula is C31H34N6O5. The van der Waals surface area contributed by atoms with Gasteiger partial charge in [-0.15, -0.1) is 5.10 Å². The topological polar surface area (TPSA) is 111 Å². The fourth-order valence-corrected chi connectivity index (χ4v) is 5.36. The van der Waals surface area contributed by atoms with Crippen LogP contribution in [0.4, 0.5) is 5.69 Å². The Morgan fingerprint density at radius 2 is 1.86 bits per heavy atom. The van der Waals surface area contributed by atoms with E-state index in [1.165, 1.54) is 0 Å². The van der Waals surface area contributed by atoms with E-state index < -0.39 is 6.04 Å². The van der Waals surface area contributed by atoms with Crippen molar-refractivity contribution in [2.45, 2.75) is 38.1 Å². The Morgan fingerprint density at radius 3 is 2.64 bits per heavy atom. The van der Waals surface area contributed by atoms with Crippen molar-refractivity contribution in [3.63, 3.8) is 0 Å². The standard InChI is InChI=1S/C31H34N6O5/c1-35(2)23-12-10-22(11-13-23)30(31(39)32-17-24-6-5-15-40-24)36(18-21-9-14-27-28(16-21)42-20-41-27)29(38)19-37-26-8-4-3-7-25(26)33-34-37/h3-4,7-14,16,24,30H,5-6,15,17-20H2,1-2H3,(H,32,39)/t24-,30-/m0/s1. The number of para-hydroxylation sites is 1. The maximum atomic E-state index is 14.2. The predicted octanol–water partition coefficient (Wildman–Crippen LogP) is 3.29. The highest BCUT2D eigenvalue weighted by atomic mass is 16.7. The predicted molar refractivity (Wildman–Crippen MR) is 156 cm³/mol. The Hall–Kier alpha value is -4.64. The summed E-state index contributed by atoms with van der Waals surface area (Å²) >= 11 is 0. The van der Waals surface area contributed by atoms with E-state index in [2.05, 4.69) is 15.6 Å². The Balaban J connectivity index is 1.36. The van der Waals surface area contributed by atoms with E-state index in [0.717, 1.165) is 29.6 Å². The van der Waals surface area contributed by atoms with Crippen LogP contribution in [0.5, 0.6) is 11.5 Å². The van der Waals surface area contributed by atoms with Crippen LogP contribution in [0.2, 0.25) is 0 Å². The number of amides is 2. The molecule has 0 aliphatic carbocycles. The molecule has 0 saturated carbocycles. The number of anilines is 1. The first-order valence-electron chi connectivity index (χ1n) is 14.1. The van der Waals surface area contributed by atoms with E-state index >= 15 is 0 Å². The molecule has 6 rings (SSSR count). The molecule has 42 heavy (non-hydrogen) atoms. The molecule has 218 valence electrons. The van der Waals surface area contributed by atoms with E-state index in [1.54, 1.807) is 9.58 Å². The number of ether oxygens (including phenoxy) is 3. The van der Waals surface area contributed by atoms with Crippen molar-refractivity contribution in [1.29, 1.82) is 0 Å². The smallest absolute Gasteiger partial charge is 0.247 e. The lowest BCUT2D eigenvalue weighted by Gasteiger charge is -2.32. The Labute approximate surface area is 243 Å². The zero-order valence-electron chi connectivity index (χ0n) is 23.7. The second kappa shape index (κ2) is 12.1. The largest absolute Gasteiger partial charge is 0.454 e. The van der Waals surface area contributed by atoms with Gasteiger partial charge < -0.3 is 29.3 Å². The summed E-state index contributed by atoms with van der Waals surface area (Å²) < 4.78 is 18.4. The van der Waals surface area contributed by atoms with Gasteiger partial charge in [0, 0.05) is 39.5 Å². The summed E-state index contributed by atoms with van der Waals surface area (Å²) in [6.07, 6.45) is 1.82. The molecule has 0 spiro atoms. The fraction of sp³-hybridized carbons (Fsp3) is 0.355. The molecule has 1 fully saturated rings. The molecule has 2 aliphatic rings. The van der Waals surface area contributed by atoms with Gasteiger partial charge in [-0.25, -0.2) is 4.68 Å². The van der Waals surface area contributed by atoms with Gasteiger partial charge in [0.15, 0.2) is 11.5 Å². The monoisotopic (exact) mass is 570 g/mol. The van der Waals surface area contributed by atoms with E-state index in [0.29, 0.717) is 35.7 Å². The third kappa shape index (κ3) is 5.87. The molecule has 2 aliphatic heterocycles. The molecule has 11 nitrogen and oxygen atoms in total. The van der Waals surface area contributed by atoms with Crippen molar-refractivity contribution >= 4 is 28.5 Å². The molecule has 1 N–H and O–H groups in total. The van der Waals surface area contributed by atoms with E-state index in [4.69, 9.17) is 14.2 Å². The highest BCUT2D eigenvalue weighted by Crippen LogP contribution is 2.34. The Kier molecular flexibility index (Phi) is 7.91. The zero-order valence-corrected chi connectivity index (χ0v) is 23.7. The summed E-state index contributed by atoms with van der Waals surface area (Å²) in [4.78, 5) is 31.8. The van der Waals surface area contributed by atoms with E-state index in [-0.39, 0.29) is 37.8 Å². The van der Waals surface area contributed by atoms with Gasteiger partial charge in [-0.3, -0.25) is 9.59 Å². The van der Waals surface area contributed by atoms with Crippen LogP contribution in [-0.4, -0.2) is 71.9 Å². The van der Waals surface area contributed by atoms with Gasteiger partial charge in [0.2, 0.25) is 18.6 Å². The van der Waals surface area contributed by atoms with Crippen LogP contribution in [0, 0.1) is 0 Å². The minimum atomic E-state index is -0.907. The number of hydrogen-bond acceptors (Lipinski definition) is 8. The number of fused-ring (bicyclic) bond motifs is 2. The lowest BCUT2D eigenvalue weighted by molar-refractivity contribution is -0.142. The first-order chi connectivity index (χ1) is 20.5. The molecule has 11 heteroatoms. The Morgan fingerprint density at radius 1 is 1.05 bits per heavy atom. The molecule has 1 saturated heterocycles. The lowest BCUT2D eigenvalue weighted by atomic mass is 10.0. The molecule has 0 bridgehead atoms. The number of aromatic nitrogens is 3. The normalized spacial score (nSPS) is 16.4. The number of carbonyl (C=O) groups excluding carboxylic acids is 2. The molecule has 1 aromatic heterocycles. The number of hydrogen-bond donors (Lipinski definition) is 1. The van der Waals surface area contributed by atoms with Crippen molar-refractivity contribution in [3.05, 3.63) is 77.9 Å². The van der Waals surface area contributed by atoms with Gasteiger partial charge in [-0.05, 0) is 60.4 Å². The molecule has 2 atom stereocenters. The van der Waals surface area contributed by atoms with Gasteiger partial charge in [0.25, 0.3) is 0 Å². The summed E-state index contributed by atoms with van der Waals surface area (Å²) in [6.45, 7) is 1.29. The van der Waals surface area contributed by atoms with Crippen LogP contribution in [0.15, 0.2) is 66.7 Å². The first kappa shape index (κ1) is 27.5. The molecular weight excluding hydrogens is 536 g/mol. The van der Waals surface area contributed by atoms with E-state index in [9.17, 15) is 9.59 Å². The molecule has 0 radical (unpaired) electrons. The van der Waals surface area contributed by atoms with Crippen LogP contribution in [0.1, 0.15) is 30.0 Å². The van der Waals surface area contributed by atoms with Gasteiger partial charge in [-0.2, -0.15) is 0 Å². The number of nitrogens with one attached hydrogen (secondary N) is 1. The number of nitrogens with zero attached hydrogens (tertiary/aromatic N) is 5. The average Bonchev–Trinajstić information content (AvgIpc) is 3.78. The van der Waals surface area contributed by atoms with Crippen molar-refractivity contribution in [1.82, 2.24) is 25.2 Å². The van der Waals surface area contributed by atoms with Gasteiger partial charge in [0.05, 0.1) is 11.6 Å². The maximum Gasteiger partial charge on any atom is 0.247 e. The summed E-state index contributed by atoms with van der Waals surface area (Å²) in [5.74, 6) is 0.700. The summed E-state index contributed by atoms with van der Waals surface area (Å²) in [5, 5.41) is 11.5. The average molecular weight is 571 g/mol. The molecule has 2 amide bonds. The molecule has 3 heterocycles. The summed E-state index contributed by atoms with van der Waals surface area (Å²) in [5.41, 5.74) is 3.92. The molecule has 4 aromatic rings. The second-order valence-corrected chi connectivity index (χ2v) is 10.7. The van der Waals surface area contributed by atoms with Crippen molar-refractivity contribution in [2.24, 2.45) is 0 Å². The minimum absolute atomic E-state index is 0.0368. The highest BCUT2D eigenvalue weighted by molar-refractivity contribution is 5.89. The van der Waals surface area contributed by atoms with Gasteiger partial charge in [-0.1, -0.05) is 35.5 Å². The highest BCUT2D eigenvalue weighted by Gasteiger charge is 2.33. The van der Waals surface area contributed by atoms with Gasteiger partial charge >= 0.3 is 0 Å². The fourth-order valence-electron chi connectivity index (χ4n) is 5.36. The summed E-state index contributed by atoms with van der Waals surface area (Å²) in [7, 11) is 3.91. The Bertz CT molecular complexity index is 1560. The van der Waals surface area contributed by atoms with Gasteiger partial charge in [0.1, 0.15) is 18.1 Å². The van der Waals surface area contributed by atoms with E-state index in [1.807, 2.05) is 85.7 Å². The number of carbonyl (C=O) groups is 2. The number of rotatable bonds is 10. The maximum absolute atomic E-state index is 14.2. The minimum Gasteiger partial charge on any atom is -0.454 e. The van der Waals surface area contributed by atoms with Crippen LogP contribution in [0.3, 0.4) is 0 Å². The van der Waals surface area contributed by atoms with Crippen LogP contribution < -0.4 is 19.7 Å². The zero-order chi connectivity index (χ0) is 29.1. The SMILES string of the molecule is CN(C)c1ccc([C@@H](C(=O)NC[C@@H]2CCCO2)N(Cc2ccc3c(c2)OCO3)C(=O)Cn2nnc3ccccc32)cc1. The number of benzene rings is 3. The molecule has 3 aromatic carbocycles. The van der Waals surface area contributed by atoms with Crippen molar-refractivity contribution in [3.8, 4) is 11.5 Å². The van der Waals surface area contributed by atoms with Crippen LogP contribution >= 0.6 is 0 Å².